The molecule has 7 nitrogen and oxygen atoms in total. The standard InChI is InChI=1S/C16H13FIN3O4/c1-9-4-10(18)2-3-13(9)19-14-6-12(17)15(21(23)24)5-11(14)16-7-20(22)8-25-16/h2-7,19,22H,8H2,1H3. The SMILES string of the molecule is Cc1cc(I)ccc1Nc1cc(F)c([N+](=O)[O-])cc1C1=CN(O)CO1. The fourth-order valence-electron chi connectivity index (χ4n) is 2.41. The van der Waals surface area contributed by atoms with Gasteiger partial charge in [-0.3, -0.25) is 15.3 Å². The number of nitro benzene ring substituents is 1. The van der Waals surface area contributed by atoms with Crippen LogP contribution in [0.25, 0.3) is 5.76 Å². The third-order valence-corrected chi connectivity index (χ3v) is 4.30. The van der Waals surface area contributed by atoms with E-state index < -0.39 is 16.4 Å². The van der Waals surface area contributed by atoms with E-state index in [4.69, 9.17) is 4.74 Å². The Balaban J connectivity index is 2.09. The summed E-state index contributed by atoms with van der Waals surface area (Å²) in [4.78, 5) is 10.2. The Hall–Kier alpha value is -2.40. The molecule has 0 amide bonds. The smallest absolute Gasteiger partial charge is 0.305 e. The van der Waals surface area contributed by atoms with Crippen LogP contribution in [0.3, 0.4) is 0 Å². The molecule has 0 saturated heterocycles. The highest BCUT2D eigenvalue weighted by Crippen LogP contribution is 2.35. The van der Waals surface area contributed by atoms with Crippen molar-refractivity contribution >= 4 is 45.4 Å². The number of hydroxylamine groups is 2. The maximum Gasteiger partial charge on any atom is 0.305 e. The van der Waals surface area contributed by atoms with Crippen LogP contribution < -0.4 is 5.32 Å². The van der Waals surface area contributed by atoms with Crippen LogP contribution in [-0.4, -0.2) is 21.9 Å². The second-order valence-corrected chi connectivity index (χ2v) is 6.64. The summed E-state index contributed by atoms with van der Waals surface area (Å²) in [5, 5.41) is 24.4. The number of hydrogen-bond acceptors (Lipinski definition) is 6. The summed E-state index contributed by atoms with van der Waals surface area (Å²) in [6.07, 6.45) is 1.28. The topological polar surface area (TPSA) is 87.9 Å². The number of nitro groups is 1. The normalized spacial score (nSPS) is 13.4. The lowest BCUT2D eigenvalue weighted by molar-refractivity contribution is -0.387. The number of halogens is 2. The third kappa shape index (κ3) is 3.66. The van der Waals surface area contributed by atoms with Crippen LogP contribution in [0.15, 0.2) is 36.5 Å². The number of anilines is 2. The molecule has 2 aromatic rings. The van der Waals surface area contributed by atoms with Gasteiger partial charge in [-0.2, -0.15) is 4.39 Å². The first-order valence-electron chi connectivity index (χ1n) is 7.17. The predicted molar refractivity (Wildman–Crippen MR) is 97.8 cm³/mol. The Morgan fingerprint density at radius 2 is 2.12 bits per heavy atom. The molecule has 1 heterocycles. The molecule has 0 aliphatic carbocycles. The molecule has 9 heteroatoms. The second-order valence-electron chi connectivity index (χ2n) is 5.40. The van der Waals surface area contributed by atoms with E-state index in [9.17, 15) is 19.7 Å². The van der Waals surface area contributed by atoms with Crippen molar-refractivity contribution < 1.29 is 19.3 Å². The van der Waals surface area contributed by atoms with Gasteiger partial charge in [-0.15, -0.1) is 0 Å². The Morgan fingerprint density at radius 3 is 2.72 bits per heavy atom. The van der Waals surface area contributed by atoms with Crippen molar-refractivity contribution in [2.75, 3.05) is 12.0 Å². The first kappa shape index (κ1) is 17.4. The molecule has 0 saturated carbocycles. The van der Waals surface area contributed by atoms with Crippen molar-refractivity contribution in [1.29, 1.82) is 0 Å². The molecule has 0 unspecified atom stereocenters. The summed E-state index contributed by atoms with van der Waals surface area (Å²) >= 11 is 2.18. The summed E-state index contributed by atoms with van der Waals surface area (Å²) in [7, 11) is 0. The minimum absolute atomic E-state index is 0.109. The highest BCUT2D eigenvalue weighted by molar-refractivity contribution is 14.1. The molecule has 0 aromatic heterocycles. The summed E-state index contributed by atoms with van der Waals surface area (Å²) in [6, 6.07) is 7.81. The Morgan fingerprint density at radius 1 is 1.36 bits per heavy atom. The summed E-state index contributed by atoms with van der Waals surface area (Å²) in [5.74, 6) is -0.755. The van der Waals surface area contributed by atoms with Crippen molar-refractivity contribution in [3.63, 3.8) is 0 Å². The highest BCUT2D eigenvalue weighted by Gasteiger charge is 2.24. The van der Waals surface area contributed by atoms with E-state index in [1.165, 1.54) is 6.20 Å². The van der Waals surface area contributed by atoms with Gasteiger partial charge in [0.15, 0.2) is 6.73 Å². The van der Waals surface area contributed by atoms with Gasteiger partial charge >= 0.3 is 5.69 Å². The molecule has 1 aliphatic heterocycles. The summed E-state index contributed by atoms with van der Waals surface area (Å²) < 4.78 is 20.5. The molecule has 0 atom stereocenters. The molecule has 0 radical (unpaired) electrons. The number of hydrogen-bond donors (Lipinski definition) is 2. The Bertz CT molecular complexity index is 888. The maximum atomic E-state index is 14.1. The molecule has 2 N–H and O–H groups in total. The van der Waals surface area contributed by atoms with Gasteiger partial charge < -0.3 is 10.1 Å². The van der Waals surface area contributed by atoms with Gasteiger partial charge in [0, 0.05) is 27.0 Å². The van der Waals surface area contributed by atoms with E-state index in [1.54, 1.807) is 0 Å². The highest BCUT2D eigenvalue weighted by atomic mass is 127. The molecule has 1 aliphatic rings. The van der Waals surface area contributed by atoms with Crippen LogP contribution in [-0.2, 0) is 4.74 Å². The van der Waals surface area contributed by atoms with Crippen molar-refractivity contribution in [2.45, 2.75) is 6.92 Å². The first-order valence-corrected chi connectivity index (χ1v) is 8.24. The van der Waals surface area contributed by atoms with Gasteiger partial charge in [-0.1, -0.05) is 0 Å². The molecular formula is C16H13FIN3O4. The van der Waals surface area contributed by atoms with E-state index in [2.05, 4.69) is 27.9 Å². The van der Waals surface area contributed by atoms with Crippen molar-refractivity contribution in [3.05, 3.63) is 67.2 Å². The van der Waals surface area contributed by atoms with Crippen molar-refractivity contribution in [1.82, 2.24) is 5.06 Å². The largest absolute Gasteiger partial charge is 0.469 e. The van der Waals surface area contributed by atoms with Gasteiger partial charge in [0.2, 0.25) is 5.82 Å². The fraction of sp³-hybridized carbons (Fsp3) is 0.125. The molecule has 0 bridgehead atoms. The fourth-order valence-corrected chi connectivity index (χ4v) is 3.06. The first-order chi connectivity index (χ1) is 11.8. The number of rotatable bonds is 4. The monoisotopic (exact) mass is 457 g/mol. The molecule has 2 aromatic carbocycles. The summed E-state index contributed by atoms with van der Waals surface area (Å²) in [6.45, 7) is 1.79. The second kappa shape index (κ2) is 6.84. The van der Waals surface area contributed by atoms with Crippen molar-refractivity contribution in [3.8, 4) is 0 Å². The lowest BCUT2D eigenvalue weighted by atomic mass is 10.1. The van der Waals surface area contributed by atoms with Crippen molar-refractivity contribution in [2.24, 2.45) is 0 Å². The van der Waals surface area contributed by atoms with Gasteiger partial charge in [0.25, 0.3) is 0 Å². The molecule has 0 fully saturated rings. The molecule has 25 heavy (non-hydrogen) atoms. The van der Waals surface area contributed by atoms with E-state index in [0.717, 1.165) is 32.0 Å². The lowest BCUT2D eigenvalue weighted by Gasteiger charge is -2.14. The zero-order valence-corrected chi connectivity index (χ0v) is 15.2. The van der Waals surface area contributed by atoms with Gasteiger partial charge in [-0.05, 0) is 53.3 Å². The lowest BCUT2D eigenvalue weighted by Crippen LogP contribution is -2.07. The predicted octanol–water partition coefficient (Wildman–Crippen LogP) is 4.37. The number of benzene rings is 2. The zero-order valence-electron chi connectivity index (χ0n) is 13.0. The van der Waals surface area contributed by atoms with Crippen LogP contribution in [0.4, 0.5) is 21.5 Å². The van der Waals surface area contributed by atoms with E-state index in [1.807, 2.05) is 25.1 Å². The van der Waals surface area contributed by atoms with Gasteiger partial charge in [0.1, 0.15) is 5.76 Å². The van der Waals surface area contributed by atoms with Crippen LogP contribution in [0.1, 0.15) is 11.1 Å². The summed E-state index contributed by atoms with van der Waals surface area (Å²) in [5.41, 5.74) is 1.58. The average molecular weight is 457 g/mol. The van der Waals surface area contributed by atoms with E-state index in [-0.39, 0.29) is 18.1 Å². The van der Waals surface area contributed by atoms with Crippen LogP contribution >= 0.6 is 22.6 Å². The quantitative estimate of drug-likeness (QED) is 0.403. The van der Waals surface area contributed by atoms with E-state index in [0.29, 0.717) is 5.69 Å². The van der Waals surface area contributed by atoms with Gasteiger partial charge in [0.05, 0.1) is 16.8 Å². The van der Waals surface area contributed by atoms with E-state index >= 15 is 0 Å². The number of nitrogens with zero attached hydrogens (tertiary/aromatic N) is 2. The third-order valence-electron chi connectivity index (χ3n) is 3.63. The Labute approximate surface area is 156 Å². The van der Waals surface area contributed by atoms with Crippen LogP contribution in [0.2, 0.25) is 0 Å². The minimum atomic E-state index is -0.959. The molecule has 3 rings (SSSR count). The average Bonchev–Trinajstić information content (AvgIpc) is 2.96. The molecule has 0 spiro atoms. The Kier molecular flexibility index (Phi) is 4.77. The van der Waals surface area contributed by atoms with Crippen LogP contribution in [0.5, 0.6) is 0 Å². The number of aryl methyl sites for hydroxylation is 1. The molecule has 130 valence electrons. The number of ether oxygens (including phenoxy) is 1. The molecular weight excluding hydrogens is 444 g/mol. The van der Waals surface area contributed by atoms with Gasteiger partial charge in [-0.25, -0.2) is 5.06 Å². The zero-order chi connectivity index (χ0) is 18.1. The maximum absolute atomic E-state index is 14.1. The van der Waals surface area contributed by atoms with Crippen LogP contribution in [0, 0.1) is 26.4 Å². The number of nitrogens with one attached hydrogen (secondary N) is 1. The minimum Gasteiger partial charge on any atom is -0.469 e.